The minimum atomic E-state index is -0.537. The highest BCUT2D eigenvalue weighted by molar-refractivity contribution is 5.97. The molecule has 144 valence electrons. The van der Waals surface area contributed by atoms with E-state index < -0.39 is 11.5 Å². The summed E-state index contributed by atoms with van der Waals surface area (Å²) in [5.74, 6) is -0.321. The van der Waals surface area contributed by atoms with E-state index in [2.05, 4.69) is 5.32 Å². The molecule has 1 saturated heterocycles. The topological polar surface area (TPSA) is 104 Å². The lowest BCUT2D eigenvalue weighted by Gasteiger charge is -2.16. The van der Waals surface area contributed by atoms with Crippen molar-refractivity contribution in [2.75, 3.05) is 25.0 Å². The van der Waals surface area contributed by atoms with E-state index in [1.807, 2.05) is 6.07 Å². The Morgan fingerprint density at radius 2 is 2.00 bits per heavy atom. The number of ether oxygens (including phenoxy) is 1. The second-order valence-electron chi connectivity index (χ2n) is 6.53. The number of pyridine rings is 1. The number of hydrogen-bond acceptors (Lipinski definition) is 5. The van der Waals surface area contributed by atoms with Gasteiger partial charge in [-0.2, -0.15) is 5.26 Å². The minimum absolute atomic E-state index is 0.0203. The zero-order chi connectivity index (χ0) is 20.1. The molecule has 0 atom stereocenters. The molecule has 1 fully saturated rings. The van der Waals surface area contributed by atoms with Gasteiger partial charge in [0.2, 0.25) is 0 Å². The Labute approximate surface area is 161 Å². The molecule has 28 heavy (non-hydrogen) atoms. The van der Waals surface area contributed by atoms with E-state index in [4.69, 9.17) is 10.00 Å². The van der Waals surface area contributed by atoms with Crippen molar-refractivity contribution in [1.29, 1.82) is 5.26 Å². The molecule has 1 aromatic carbocycles. The second-order valence-corrected chi connectivity index (χ2v) is 6.53. The van der Waals surface area contributed by atoms with E-state index in [0.29, 0.717) is 30.0 Å². The molecule has 0 saturated carbocycles. The van der Waals surface area contributed by atoms with Crippen LogP contribution in [0.5, 0.6) is 5.75 Å². The number of anilines is 1. The molecule has 1 N–H and O–H groups in total. The van der Waals surface area contributed by atoms with Crippen LogP contribution in [-0.2, 0) is 11.8 Å². The molecule has 0 bridgehead atoms. The quantitative estimate of drug-likeness (QED) is 0.847. The number of aryl methyl sites for hydroxylation is 1. The van der Waals surface area contributed by atoms with Crippen LogP contribution in [0.25, 0.3) is 0 Å². The molecule has 8 heteroatoms. The van der Waals surface area contributed by atoms with Crippen molar-refractivity contribution < 1.29 is 14.3 Å². The van der Waals surface area contributed by atoms with Gasteiger partial charge < -0.3 is 19.5 Å². The molecule has 2 amide bonds. The van der Waals surface area contributed by atoms with E-state index in [1.165, 1.54) is 29.9 Å². The van der Waals surface area contributed by atoms with E-state index in [0.717, 1.165) is 12.8 Å². The van der Waals surface area contributed by atoms with Crippen LogP contribution in [0.3, 0.4) is 0 Å². The molecule has 1 aromatic heterocycles. The SMILES string of the molecule is Cn1cc(C(=O)N2CCCC2)cc(NC(=O)COc2cccc(C#N)c2)c1=O. The van der Waals surface area contributed by atoms with E-state index in [-0.39, 0.29) is 18.2 Å². The average Bonchev–Trinajstić information content (AvgIpc) is 3.24. The lowest BCUT2D eigenvalue weighted by atomic mass is 10.2. The maximum atomic E-state index is 12.6. The first-order chi connectivity index (χ1) is 13.5. The predicted octanol–water partition coefficient (Wildman–Crippen LogP) is 1.51. The summed E-state index contributed by atoms with van der Waals surface area (Å²) in [6.07, 6.45) is 3.40. The lowest BCUT2D eigenvalue weighted by Crippen LogP contribution is -2.31. The van der Waals surface area contributed by atoms with Gasteiger partial charge in [-0.15, -0.1) is 0 Å². The first kappa shape index (κ1) is 19.2. The van der Waals surface area contributed by atoms with Gasteiger partial charge in [-0.25, -0.2) is 0 Å². The number of carbonyl (C=O) groups excluding carboxylic acids is 2. The van der Waals surface area contributed by atoms with Crippen molar-refractivity contribution in [2.45, 2.75) is 12.8 Å². The zero-order valence-electron chi connectivity index (χ0n) is 15.5. The Balaban J connectivity index is 1.70. The Morgan fingerprint density at radius 3 is 2.71 bits per heavy atom. The number of nitrogens with one attached hydrogen (secondary N) is 1. The maximum absolute atomic E-state index is 12.6. The molecule has 1 aliphatic rings. The van der Waals surface area contributed by atoms with Crippen LogP contribution >= 0.6 is 0 Å². The fraction of sp³-hybridized carbons (Fsp3) is 0.300. The van der Waals surface area contributed by atoms with Gasteiger partial charge in [0.25, 0.3) is 17.4 Å². The molecule has 0 unspecified atom stereocenters. The fourth-order valence-corrected chi connectivity index (χ4v) is 3.01. The predicted molar refractivity (Wildman–Crippen MR) is 102 cm³/mol. The molecule has 8 nitrogen and oxygen atoms in total. The fourth-order valence-electron chi connectivity index (χ4n) is 3.01. The highest BCUT2D eigenvalue weighted by Gasteiger charge is 2.21. The van der Waals surface area contributed by atoms with Gasteiger partial charge in [0.1, 0.15) is 11.4 Å². The Hall–Kier alpha value is -3.60. The van der Waals surface area contributed by atoms with Crippen molar-refractivity contribution in [2.24, 2.45) is 7.05 Å². The molecule has 2 heterocycles. The summed E-state index contributed by atoms with van der Waals surface area (Å²) in [6.45, 7) is 1.06. The van der Waals surface area contributed by atoms with Gasteiger partial charge in [-0.3, -0.25) is 14.4 Å². The van der Waals surface area contributed by atoms with Crippen LogP contribution in [-0.4, -0.2) is 41.0 Å². The third-order valence-electron chi connectivity index (χ3n) is 4.43. The third-order valence-corrected chi connectivity index (χ3v) is 4.43. The minimum Gasteiger partial charge on any atom is -0.484 e. The smallest absolute Gasteiger partial charge is 0.274 e. The summed E-state index contributed by atoms with van der Waals surface area (Å²) in [5, 5.41) is 11.4. The monoisotopic (exact) mass is 380 g/mol. The number of nitrogens with zero attached hydrogens (tertiary/aromatic N) is 3. The van der Waals surface area contributed by atoms with Gasteiger partial charge in [0.05, 0.1) is 17.2 Å². The molecule has 3 rings (SSSR count). The van der Waals surface area contributed by atoms with Crippen molar-refractivity contribution >= 4 is 17.5 Å². The van der Waals surface area contributed by atoms with Crippen molar-refractivity contribution in [3.05, 3.63) is 58.0 Å². The number of aromatic nitrogens is 1. The number of likely N-dealkylation sites (tertiary alicyclic amines) is 1. The lowest BCUT2D eigenvalue weighted by molar-refractivity contribution is -0.118. The number of benzene rings is 1. The molecule has 1 aliphatic heterocycles. The number of nitriles is 1. The van der Waals surface area contributed by atoms with Crippen LogP contribution in [0.1, 0.15) is 28.8 Å². The third kappa shape index (κ3) is 4.38. The van der Waals surface area contributed by atoms with Crippen molar-refractivity contribution in [1.82, 2.24) is 9.47 Å². The molecular weight excluding hydrogens is 360 g/mol. The molecular formula is C20H20N4O4. The summed E-state index contributed by atoms with van der Waals surface area (Å²) in [5.41, 5.74) is 0.367. The Kier molecular flexibility index (Phi) is 5.75. The summed E-state index contributed by atoms with van der Waals surface area (Å²) < 4.78 is 6.64. The maximum Gasteiger partial charge on any atom is 0.274 e. The number of carbonyl (C=O) groups is 2. The standard InChI is InChI=1S/C20H20N4O4/c1-23-12-15(19(26)24-7-2-3-8-24)10-17(20(23)27)22-18(25)13-28-16-6-4-5-14(9-16)11-21/h4-6,9-10,12H,2-3,7-8,13H2,1H3,(H,22,25). The van der Waals surface area contributed by atoms with Crippen LogP contribution in [0.2, 0.25) is 0 Å². The molecule has 0 aliphatic carbocycles. The number of hydrogen-bond donors (Lipinski definition) is 1. The van der Waals surface area contributed by atoms with E-state index in [1.54, 1.807) is 23.1 Å². The van der Waals surface area contributed by atoms with E-state index in [9.17, 15) is 14.4 Å². The number of amides is 2. The van der Waals surface area contributed by atoms with Crippen LogP contribution in [0, 0.1) is 11.3 Å². The normalized spacial score (nSPS) is 13.1. The van der Waals surface area contributed by atoms with E-state index >= 15 is 0 Å². The summed E-state index contributed by atoms with van der Waals surface area (Å²) in [6, 6.07) is 9.80. The van der Waals surface area contributed by atoms with Crippen LogP contribution in [0.4, 0.5) is 5.69 Å². The Morgan fingerprint density at radius 1 is 1.25 bits per heavy atom. The molecule has 2 aromatic rings. The van der Waals surface area contributed by atoms with Gasteiger partial charge in [0.15, 0.2) is 6.61 Å². The first-order valence-electron chi connectivity index (χ1n) is 8.90. The molecule has 0 spiro atoms. The van der Waals surface area contributed by atoms with Crippen molar-refractivity contribution in [3.8, 4) is 11.8 Å². The highest BCUT2D eigenvalue weighted by Crippen LogP contribution is 2.15. The summed E-state index contributed by atoms with van der Waals surface area (Å²) >= 11 is 0. The van der Waals surface area contributed by atoms with Gasteiger partial charge >= 0.3 is 0 Å². The summed E-state index contributed by atoms with van der Waals surface area (Å²) in [7, 11) is 1.53. The van der Waals surface area contributed by atoms with Crippen molar-refractivity contribution in [3.63, 3.8) is 0 Å². The van der Waals surface area contributed by atoms with Crippen LogP contribution in [0.15, 0.2) is 41.3 Å². The second kappa shape index (κ2) is 8.39. The first-order valence-corrected chi connectivity index (χ1v) is 8.90. The average molecular weight is 380 g/mol. The largest absolute Gasteiger partial charge is 0.484 e. The zero-order valence-corrected chi connectivity index (χ0v) is 15.5. The van der Waals surface area contributed by atoms with Crippen LogP contribution < -0.4 is 15.6 Å². The summed E-state index contributed by atoms with van der Waals surface area (Å²) in [4.78, 5) is 38.8. The highest BCUT2D eigenvalue weighted by atomic mass is 16.5. The van der Waals surface area contributed by atoms with Gasteiger partial charge in [0, 0.05) is 26.3 Å². The Bertz CT molecular complexity index is 1000. The van der Waals surface area contributed by atoms with Gasteiger partial charge in [-0.05, 0) is 37.1 Å². The van der Waals surface area contributed by atoms with Gasteiger partial charge in [-0.1, -0.05) is 6.07 Å². The molecule has 0 radical (unpaired) electrons. The number of rotatable bonds is 5.